The van der Waals surface area contributed by atoms with Gasteiger partial charge in [-0.05, 0) is 0 Å². The summed E-state index contributed by atoms with van der Waals surface area (Å²) in [5, 5.41) is 0. The van der Waals surface area contributed by atoms with Crippen molar-refractivity contribution in [3.8, 4) is 0 Å². The van der Waals surface area contributed by atoms with Gasteiger partial charge in [0.2, 0.25) is 0 Å². The van der Waals surface area contributed by atoms with Crippen molar-refractivity contribution in [3.05, 3.63) is 82.9 Å². The van der Waals surface area contributed by atoms with Gasteiger partial charge in [0.25, 0.3) is 0 Å². The summed E-state index contributed by atoms with van der Waals surface area (Å²) in [6.45, 7) is 2.45. The molecule has 0 spiro atoms. The Hall–Kier alpha value is -0.400. The van der Waals surface area contributed by atoms with Crippen molar-refractivity contribution in [2.24, 2.45) is 0 Å². The Balaban J connectivity index is 0.00000160. The van der Waals surface area contributed by atoms with Crippen molar-refractivity contribution in [3.63, 3.8) is 0 Å². The molecule has 0 bridgehead atoms. The molecule has 2 atom stereocenters. The summed E-state index contributed by atoms with van der Waals surface area (Å²) in [5.41, 5.74) is 5.98. The van der Waals surface area contributed by atoms with Crippen LogP contribution in [0.4, 0.5) is 0 Å². The number of hydrogen-bond acceptors (Lipinski definition) is 0. The van der Waals surface area contributed by atoms with E-state index in [0.29, 0.717) is 11.8 Å². The van der Waals surface area contributed by atoms with E-state index in [1.165, 1.54) is 45.1 Å². The molecule has 0 radical (unpaired) electrons. The molecule has 0 N–H and O–H groups in total. The molecule has 0 saturated carbocycles. The molecule has 2 unspecified atom stereocenters. The van der Waals surface area contributed by atoms with Crippen molar-refractivity contribution < 1.29 is 17.4 Å². The molecule has 4 heteroatoms. The monoisotopic (exact) mass is 536 g/mol. The second-order valence-electron chi connectivity index (χ2n) is 10.3. The summed E-state index contributed by atoms with van der Waals surface area (Å²) in [6.07, 6.45) is 15.0. The average molecular weight is 539 g/mol. The molecule has 0 aliphatic heterocycles. The molecule has 4 rings (SSSR count). The summed E-state index contributed by atoms with van der Waals surface area (Å²) in [6, 6.07) is 17.9. The summed E-state index contributed by atoms with van der Waals surface area (Å²) >= 11 is -2.48. The first-order valence-corrected chi connectivity index (χ1v) is 25.3. The molecule has 0 aromatic heterocycles. The van der Waals surface area contributed by atoms with Gasteiger partial charge in [-0.3, -0.25) is 0 Å². The van der Waals surface area contributed by atoms with E-state index < -0.39 is 17.4 Å². The van der Waals surface area contributed by atoms with Gasteiger partial charge in [0.1, 0.15) is 0 Å². The van der Waals surface area contributed by atoms with Gasteiger partial charge in [0, 0.05) is 0 Å². The standard InChI is InChI=1S/2C12H13.2CH3.2ClH.H2Si.Zr/c2*1-2-5-10-8-9-11-6-3-4-7-12(10)11;;;;;;/h2*3-4,6-10H,1-2,5H2;2*1H3;2*1H;1H2;. The van der Waals surface area contributed by atoms with Crippen LogP contribution in [0.1, 0.15) is 59.8 Å². The second kappa shape index (κ2) is 10.5. The van der Waals surface area contributed by atoms with Gasteiger partial charge in [-0.15, -0.1) is 24.8 Å². The van der Waals surface area contributed by atoms with Gasteiger partial charge in [-0.1, -0.05) is 0 Å². The minimum atomic E-state index is -2.48. The van der Waals surface area contributed by atoms with Crippen LogP contribution < -0.4 is 0 Å². The van der Waals surface area contributed by atoms with E-state index in [0.717, 1.165) is 0 Å². The van der Waals surface area contributed by atoms with Crippen molar-refractivity contribution in [2.75, 3.05) is 0 Å². The minimum absolute atomic E-state index is 0. The van der Waals surface area contributed by atoms with Crippen LogP contribution >= 0.6 is 24.8 Å². The summed E-state index contributed by atoms with van der Waals surface area (Å²) in [7, 11) is 0. The van der Waals surface area contributed by atoms with E-state index in [-0.39, 0.29) is 24.8 Å². The normalized spacial score (nSPS) is 19.0. The topological polar surface area (TPSA) is 0 Å². The van der Waals surface area contributed by atoms with Gasteiger partial charge in [-0.25, -0.2) is 0 Å². The van der Waals surface area contributed by atoms with Gasteiger partial charge in [0.15, 0.2) is 0 Å². The fraction of sp³-hybridized carbons (Fsp3) is 0.385. The van der Waals surface area contributed by atoms with Crippen molar-refractivity contribution in [1.82, 2.24) is 0 Å². The number of benzene rings is 2. The Morgan fingerprint density at radius 1 is 0.700 bits per heavy atom. The van der Waals surface area contributed by atoms with E-state index in [2.05, 4.69) is 89.0 Å². The van der Waals surface area contributed by atoms with Crippen molar-refractivity contribution in [1.29, 1.82) is 0 Å². The molecule has 0 amide bonds. The van der Waals surface area contributed by atoms with E-state index in [9.17, 15) is 0 Å². The van der Waals surface area contributed by atoms with Crippen LogP contribution in [-0.2, 0) is 17.4 Å². The van der Waals surface area contributed by atoms with E-state index in [1.807, 2.05) is 0 Å². The third-order valence-electron chi connectivity index (χ3n) is 6.90. The Kier molecular flexibility index (Phi) is 9.03. The van der Waals surface area contributed by atoms with E-state index >= 15 is 0 Å². The first-order chi connectivity index (χ1) is 13.4. The number of fused-ring (bicyclic) bond motifs is 2. The van der Waals surface area contributed by atoms with Crippen LogP contribution in [-0.4, -0.2) is 6.88 Å². The number of rotatable bonds is 8. The predicted octanol–water partition coefficient (Wildman–Crippen LogP) is 8.18. The Morgan fingerprint density at radius 3 is 1.53 bits per heavy atom. The molecule has 2 aliphatic rings. The molecule has 0 nitrogen and oxygen atoms in total. The first-order valence-electron chi connectivity index (χ1n) is 11.0. The van der Waals surface area contributed by atoms with E-state index in [4.69, 9.17) is 0 Å². The molecule has 2 aliphatic carbocycles. The van der Waals surface area contributed by atoms with Gasteiger partial charge >= 0.3 is 174 Å². The molecule has 0 heterocycles. The molecular weight excluding hydrogens is 503 g/mol. The van der Waals surface area contributed by atoms with Crippen LogP contribution in [0.2, 0.25) is 17.5 Å². The summed E-state index contributed by atoms with van der Waals surface area (Å²) < 4.78 is 8.44. The Bertz CT molecular complexity index is 913. The quantitative estimate of drug-likeness (QED) is 0.297. The summed E-state index contributed by atoms with van der Waals surface area (Å²) in [4.78, 5) is 0. The Morgan fingerprint density at radius 2 is 1.10 bits per heavy atom. The van der Waals surface area contributed by atoms with Gasteiger partial charge in [0.05, 0.1) is 0 Å². The number of halogens is 2. The number of hydrogen-bond donors (Lipinski definition) is 0. The zero-order chi connectivity index (χ0) is 19.6. The van der Waals surface area contributed by atoms with Crippen LogP contribution in [0.15, 0.2) is 60.7 Å². The predicted molar refractivity (Wildman–Crippen MR) is 139 cm³/mol. The zero-order valence-electron chi connectivity index (χ0n) is 18.3. The molecule has 162 valence electrons. The van der Waals surface area contributed by atoms with Crippen LogP contribution in [0, 0.1) is 0 Å². The SMILES string of the molecule is Cl.Cl.[CH3][Zr]([CH3])(=[SiH2])([CH2]CCC1C=Cc2ccccc21)[CH2]CCC1C=Cc2ccccc21. The zero-order valence-corrected chi connectivity index (χ0v) is 23.9. The average Bonchev–Trinajstić information content (AvgIpc) is 3.26. The van der Waals surface area contributed by atoms with Crippen LogP contribution in [0.3, 0.4) is 0 Å². The fourth-order valence-corrected chi connectivity index (χ4v) is 15.6. The molecule has 30 heavy (non-hydrogen) atoms. The van der Waals surface area contributed by atoms with Crippen LogP contribution in [0.5, 0.6) is 0 Å². The van der Waals surface area contributed by atoms with E-state index in [1.54, 1.807) is 11.1 Å². The van der Waals surface area contributed by atoms with Crippen LogP contribution in [0.25, 0.3) is 12.2 Å². The third kappa shape index (κ3) is 6.32. The molecule has 2 aromatic carbocycles. The van der Waals surface area contributed by atoms with Gasteiger partial charge in [-0.2, -0.15) is 0 Å². The maximum atomic E-state index is 2.71. The summed E-state index contributed by atoms with van der Waals surface area (Å²) in [5.74, 6) is 1.32. The van der Waals surface area contributed by atoms with Gasteiger partial charge < -0.3 is 0 Å². The first kappa shape index (κ1) is 25.9. The fourth-order valence-electron chi connectivity index (χ4n) is 5.13. The molecule has 0 saturated heterocycles. The molecule has 0 fully saturated rings. The molecule has 2 aromatic rings. The van der Waals surface area contributed by atoms with Crippen molar-refractivity contribution >= 4 is 43.8 Å². The molecular formula is C26H36Cl2SiZr. The van der Waals surface area contributed by atoms with Crippen molar-refractivity contribution in [2.45, 2.75) is 55.0 Å². The maximum absolute atomic E-state index is 2.71. The number of allylic oxidation sites excluding steroid dienone is 2. The third-order valence-corrected chi connectivity index (χ3v) is 21.2. The Labute approximate surface area is 197 Å². The second-order valence-corrected chi connectivity index (χ2v) is 43.7.